The highest BCUT2D eigenvalue weighted by Crippen LogP contribution is 2.17. The first-order valence-corrected chi connectivity index (χ1v) is 9.03. The summed E-state index contributed by atoms with van der Waals surface area (Å²) in [6.07, 6.45) is 11.0. The van der Waals surface area contributed by atoms with E-state index in [1.165, 1.54) is 0 Å². The molecule has 0 spiro atoms. The molecule has 7 nitrogen and oxygen atoms in total. The van der Waals surface area contributed by atoms with E-state index in [4.69, 9.17) is 9.47 Å². The molecule has 7 heteroatoms. The Balaban J connectivity index is 1.43. The van der Waals surface area contributed by atoms with E-state index < -0.39 is 0 Å². The Hall–Kier alpha value is -1.60. The Kier molecular flexibility index (Phi) is 6.48. The summed E-state index contributed by atoms with van der Waals surface area (Å²) in [5.74, 6) is 0. The first kappa shape index (κ1) is 17.2. The molecule has 0 aliphatic carbocycles. The van der Waals surface area contributed by atoms with Gasteiger partial charge in [-0.3, -0.25) is 0 Å². The highest BCUT2D eigenvalue weighted by atomic mass is 16.5. The van der Waals surface area contributed by atoms with Crippen LogP contribution in [0.3, 0.4) is 0 Å². The molecule has 1 N–H and O–H groups in total. The third-order valence-electron chi connectivity index (χ3n) is 4.61. The van der Waals surface area contributed by atoms with Gasteiger partial charge < -0.3 is 24.3 Å². The smallest absolute Gasteiger partial charge is 0.317 e. The fourth-order valence-corrected chi connectivity index (χ4v) is 3.30. The van der Waals surface area contributed by atoms with Gasteiger partial charge in [0.05, 0.1) is 18.5 Å². The summed E-state index contributed by atoms with van der Waals surface area (Å²) in [5, 5.41) is 3.04. The van der Waals surface area contributed by atoms with Crippen LogP contribution in [0.25, 0.3) is 0 Å². The van der Waals surface area contributed by atoms with Crippen LogP contribution in [-0.2, 0) is 16.0 Å². The zero-order valence-corrected chi connectivity index (χ0v) is 14.2. The molecule has 0 radical (unpaired) electrons. The molecule has 3 heterocycles. The van der Waals surface area contributed by atoms with Crippen molar-refractivity contribution in [1.82, 2.24) is 19.8 Å². The fraction of sp³-hybridized carbons (Fsp3) is 0.765. The molecule has 2 atom stereocenters. The number of aryl methyl sites for hydroxylation is 1. The van der Waals surface area contributed by atoms with Crippen LogP contribution < -0.4 is 5.32 Å². The lowest BCUT2D eigenvalue weighted by molar-refractivity contribution is 0.0499. The van der Waals surface area contributed by atoms with Crippen molar-refractivity contribution >= 4 is 6.03 Å². The number of amides is 2. The highest BCUT2D eigenvalue weighted by molar-refractivity contribution is 5.74. The van der Waals surface area contributed by atoms with Gasteiger partial charge in [0.1, 0.15) is 0 Å². The van der Waals surface area contributed by atoms with E-state index in [1.54, 1.807) is 12.5 Å². The van der Waals surface area contributed by atoms with Crippen molar-refractivity contribution in [3.05, 3.63) is 18.7 Å². The zero-order valence-electron chi connectivity index (χ0n) is 14.2. The van der Waals surface area contributed by atoms with E-state index in [9.17, 15) is 4.79 Å². The van der Waals surface area contributed by atoms with Crippen molar-refractivity contribution in [2.75, 3.05) is 32.8 Å². The number of hydrogen-bond donors (Lipinski definition) is 1. The summed E-state index contributed by atoms with van der Waals surface area (Å²) < 4.78 is 13.4. The van der Waals surface area contributed by atoms with Gasteiger partial charge in [-0.05, 0) is 32.1 Å². The Morgan fingerprint density at radius 3 is 2.46 bits per heavy atom. The fourth-order valence-electron chi connectivity index (χ4n) is 3.30. The third-order valence-corrected chi connectivity index (χ3v) is 4.61. The van der Waals surface area contributed by atoms with E-state index in [-0.39, 0.29) is 18.2 Å². The van der Waals surface area contributed by atoms with E-state index >= 15 is 0 Å². The van der Waals surface area contributed by atoms with E-state index in [0.29, 0.717) is 19.6 Å². The number of ether oxygens (including phenoxy) is 2. The van der Waals surface area contributed by atoms with Gasteiger partial charge in [0.2, 0.25) is 0 Å². The molecule has 0 aromatic carbocycles. The van der Waals surface area contributed by atoms with Crippen LogP contribution >= 0.6 is 0 Å². The molecule has 2 fully saturated rings. The number of imidazole rings is 1. The van der Waals surface area contributed by atoms with Gasteiger partial charge in [-0.1, -0.05) is 0 Å². The number of urea groups is 1. The summed E-state index contributed by atoms with van der Waals surface area (Å²) in [4.78, 5) is 18.5. The van der Waals surface area contributed by atoms with Crippen molar-refractivity contribution in [3.63, 3.8) is 0 Å². The van der Waals surface area contributed by atoms with Crippen LogP contribution in [-0.4, -0.2) is 65.5 Å². The minimum Gasteiger partial charge on any atom is -0.376 e. The molecule has 134 valence electrons. The second-order valence-electron chi connectivity index (χ2n) is 6.56. The highest BCUT2D eigenvalue weighted by Gasteiger charge is 2.26. The van der Waals surface area contributed by atoms with Crippen molar-refractivity contribution < 1.29 is 14.3 Å². The summed E-state index contributed by atoms with van der Waals surface area (Å²) in [6, 6.07) is -0.00775. The normalized spacial score (nSPS) is 23.5. The van der Waals surface area contributed by atoms with E-state index in [1.807, 2.05) is 15.7 Å². The van der Waals surface area contributed by atoms with Gasteiger partial charge >= 0.3 is 6.03 Å². The zero-order chi connectivity index (χ0) is 16.6. The third kappa shape index (κ3) is 5.21. The van der Waals surface area contributed by atoms with Crippen LogP contribution in [0.15, 0.2) is 18.7 Å². The van der Waals surface area contributed by atoms with Crippen LogP contribution in [0.1, 0.15) is 32.1 Å². The van der Waals surface area contributed by atoms with Gasteiger partial charge in [-0.2, -0.15) is 0 Å². The van der Waals surface area contributed by atoms with E-state index in [2.05, 4.69) is 10.3 Å². The number of carbonyl (C=O) groups is 1. The lowest BCUT2D eigenvalue weighted by Gasteiger charge is -2.28. The number of nitrogens with one attached hydrogen (secondary N) is 1. The molecule has 2 aliphatic heterocycles. The predicted octanol–water partition coefficient (Wildman–Crippen LogP) is 1.64. The molecule has 0 bridgehead atoms. The summed E-state index contributed by atoms with van der Waals surface area (Å²) >= 11 is 0. The number of hydrogen-bond acceptors (Lipinski definition) is 4. The Morgan fingerprint density at radius 1 is 1.21 bits per heavy atom. The molecule has 2 saturated heterocycles. The average Bonchev–Trinajstić information content (AvgIpc) is 3.33. The van der Waals surface area contributed by atoms with Gasteiger partial charge in [-0.15, -0.1) is 0 Å². The monoisotopic (exact) mass is 336 g/mol. The Bertz CT molecular complexity index is 464. The number of aromatic nitrogens is 2. The second-order valence-corrected chi connectivity index (χ2v) is 6.56. The lowest BCUT2D eigenvalue weighted by Crippen LogP contribution is -2.47. The van der Waals surface area contributed by atoms with Crippen molar-refractivity contribution in [3.8, 4) is 0 Å². The SMILES string of the molecule is O=C(NCCCn1ccnc1)N(C[C@@H]1CCCO1)C[C@@H]1CCCO1. The topological polar surface area (TPSA) is 68.6 Å². The van der Waals surface area contributed by atoms with Gasteiger partial charge in [0, 0.05) is 51.8 Å². The molecule has 0 unspecified atom stereocenters. The van der Waals surface area contributed by atoms with Crippen LogP contribution in [0.5, 0.6) is 0 Å². The lowest BCUT2D eigenvalue weighted by atomic mass is 10.2. The maximum Gasteiger partial charge on any atom is 0.317 e. The van der Waals surface area contributed by atoms with Crippen molar-refractivity contribution in [2.24, 2.45) is 0 Å². The van der Waals surface area contributed by atoms with E-state index in [0.717, 1.165) is 51.9 Å². The molecule has 1 aromatic rings. The predicted molar refractivity (Wildman–Crippen MR) is 89.8 cm³/mol. The molecule has 3 rings (SSSR count). The Labute approximate surface area is 143 Å². The standard InChI is InChI=1S/C17H28N4O3/c22-17(19-6-3-8-20-9-7-18-14-20)21(12-15-4-1-10-23-15)13-16-5-2-11-24-16/h7,9,14-16H,1-6,8,10-13H2,(H,19,22)/t15-,16-/m0/s1. The molecule has 0 saturated carbocycles. The minimum atomic E-state index is -0.00775. The van der Waals surface area contributed by atoms with Gasteiger partial charge in [-0.25, -0.2) is 9.78 Å². The first-order chi connectivity index (χ1) is 11.8. The second kappa shape index (κ2) is 9.03. The Morgan fingerprint density at radius 2 is 1.92 bits per heavy atom. The number of carbonyl (C=O) groups excluding carboxylic acids is 1. The largest absolute Gasteiger partial charge is 0.376 e. The quantitative estimate of drug-likeness (QED) is 0.733. The van der Waals surface area contributed by atoms with Crippen molar-refractivity contribution in [2.45, 2.75) is 50.9 Å². The van der Waals surface area contributed by atoms with Gasteiger partial charge in [0.25, 0.3) is 0 Å². The maximum absolute atomic E-state index is 12.6. The summed E-state index contributed by atoms with van der Waals surface area (Å²) in [5.41, 5.74) is 0. The van der Waals surface area contributed by atoms with Crippen LogP contribution in [0.4, 0.5) is 4.79 Å². The molecular weight excluding hydrogens is 308 g/mol. The number of rotatable bonds is 8. The molecular formula is C17H28N4O3. The average molecular weight is 336 g/mol. The summed E-state index contributed by atoms with van der Waals surface area (Å²) in [6.45, 7) is 4.46. The molecule has 1 aromatic heterocycles. The maximum atomic E-state index is 12.6. The van der Waals surface area contributed by atoms with Crippen LogP contribution in [0.2, 0.25) is 0 Å². The van der Waals surface area contributed by atoms with Crippen molar-refractivity contribution in [1.29, 1.82) is 0 Å². The first-order valence-electron chi connectivity index (χ1n) is 9.03. The molecule has 24 heavy (non-hydrogen) atoms. The number of nitrogens with zero attached hydrogens (tertiary/aromatic N) is 3. The van der Waals surface area contributed by atoms with Gasteiger partial charge in [0.15, 0.2) is 0 Å². The summed E-state index contributed by atoms with van der Waals surface area (Å²) in [7, 11) is 0. The van der Waals surface area contributed by atoms with Crippen LogP contribution in [0, 0.1) is 0 Å². The molecule has 2 amide bonds. The minimum absolute atomic E-state index is 0.00775. The molecule has 2 aliphatic rings.